The van der Waals surface area contributed by atoms with E-state index in [-0.39, 0.29) is 24.4 Å². The zero-order valence-electron chi connectivity index (χ0n) is 14.6. The number of anilines is 1. The molecule has 0 unspecified atom stereocenters. The standard InChI is InChI=1S/C19H15FN4O3S/c20-12-5-1-2-6-13(12)21-17(25)9-10-18-23-16(24-27-18)11-28-19-22-14-7-3-4-8-15(14)26-19/h1-8H,9-11H2,(H,21,25). The minimum atomic E-state index is -0.479. The SMILES string of the molecule is O=C(CCc1nc(CSc2nc3ccccc3o2)no1)Nc1ccccc1F. The fourth-order valence-electron chi connectivity index (χ4n) is 2.49. The van der Waals surface area contributed by atoms with Crippen LogP contribution >= 0.6 is 11.8 Å². The molecule has 4 aromatic rings. The molecule has 0 aliphatic rings. The summed E-state index contributed by atoms with van der Waals surface area (Å²) in [6.07, 6.45) is 0.370. The van der Waals surface area contributed by atoms with Gasteiger partial charge in [0.15, 0.2) is 11.4 Å². The second-order valence-electron chi connectivity index (χ2n) is 5.87. The molecule has 28 heavy (non-hydrogen) atoms. The average Bonchev–Trinajstić information content (AvgIpc) is 3.33. The van der Waals surface area contributed by atoms with Crippen LogP contribution in [0, 0.1) is 5.82 Å². The number of carbonyl (C=O) groups excluding carboxylic acids is 1. The Kier molecular flexibility index (Phi) is 5.34. The fourth-order valence-corrected chi connectivity index (χ4v) is 3.17. The minimum absolute atomic E-state index is 0.105. The van der Waals surface area contributed by atoms with Crippen LogP contribution in [0.1, 0.15) is 18.1 Å². The molecule has 2 heterocycles. The maximum atomic E-state index is 13.5. The van der Waals surface area contributed by atoms with Crippen molar-refractivity contribution in [2.75, 3.05) is 5.32 Å². The molecule has 9 heteroatoms. The number of carbonyl (C=O) groups is 1. The van der Waals surface area contributed by atoms with Crippen LogP contribution in [-0.4, -0.2) is 21.0 Å². The first-order valence-electron chi connectivity index (χ1n) is 8.51. The van der Waals surface area contributed by atoms with Crippen molar-refractivity contribution < 1.29 is 18.1 Å². The molecule has 1 N–H and O–H groups in total. The van der Waals surface area contributed by atoms with Crippen molar-refractivity contribution in [3.8, 4) is 0 Å². The Morgan fingerprint density at radius 2 is 1.93 bits per heavy atom. The van der Waals surface area contributed by atoms with Gasteiger partial charge in [0.25, 0.3) is 5.22 Å². The molecule has 0 saturated heterocycles. The Morgan fingerprint density at radius 3 is 2.79 bits per heavy atom. The van der Waals surface area contributed by atoms with E-state index in [1.807, 2.05) is 24.3 Å². The summed E-state index contributed by atoms with van der Waals surface area (Å²) in [7, 11) is 0. The molecule has 4 rings (SSSR count). The molecular weight excluding hydrogens is 383 g/mol. The topological polar surface area (TPSA) is 94.0 Å². The van der Waals surface area contributed by atoms with Gasteiger partial charge in [-0.25, -0.2) is 9.37 Å². The normalized spacial score (nSPS) is 11.0. The lowest BCUT2D eigenvalue weighted by molar-refractivity contribution is -0.116. The highest BCUT2D eigenvalue weighted by Crippen LogP contribution is 2.25. The molecule has 0 spiro atoms. The van der Waals surface area contributed by atoms with Crippen molar-refractivity contribution >= 4 is 34.5 Å². The van der Waals surface area contributed by atoms with Crippen LogP contribution in [0.2, 0.25) is 0 Å². The first kappa shape index (κ1) is 18.2. The van der Waals surface area contributed by atoms with Crippen LogP contribution in [0.4, 0.5) is 10.1 Å². The predicted molar refractivity (Wildman–Crippen MR) is 101 cm³/mol. The average molecular weight is 398 g/mol. The molecule has 0 aliphatic carbocycles. The summed E-state index contributed by atoms with van der Waals surface area (Å²) in [6, 6.07) is 13.5. The van der Waals surface area contributed by atoms with Gasteiger partial charge in [-0.15, -0.1) is 0 Å². The van der Waals surface area contributed by atoms with E-state index >= 15 is 0 Å². The number of para-hydroxylation sites is 3. The number of rotatable bonds is 7. The van der Waals surface area contributed by atoms with Gasteiger partial charge in [-0.2, -0.15) is 4.98 Å². The van der Waals surface area contributed by atoms with Crippen LogP contribution in [0.25, 0.3) is 11.1 Å². The van der Waals surface area contributed by atoms with Gasteiger partial charge < -0.3 is 14.3 Å². The molecule has 2 aromatic heterocycles. The first-order chi connectivity index (χ1) is 13.7. The first-order valence-corrected chi connectivity index (χ1v) is 9.50. The summed E-state index contributed by atoms with van der Waals surface area (Å²) in [5.41, 5.74) is 1.66. The van der Waals surface area contributed by atoms with Gasteiger partial charge >= 0.3 is 0 Å². The fraction of sp³-hybridized carbons (Fsp3) is 0.158. The molecule has 0 radical (unpaired) electrons. The monoisotopic (exact) mass is 398 g/mol. The number of oxazole rings is 1. The van der Waals surface area contributed by atoms with Gasteiger partial charge in [0.1, 0.15) is 11.3 Å². The summed E-state index contributed by atoms with van der Waals surface area (Å²) < 4.78 is 24.3. The highest BCUT2D eigenvalue weighted by Gasteiger charge is 2.12. The number of aryl methyl sites for hydroxylation is 1. The van der Waals surface area contributed by atoms with Crippen LogP contribution in [-0.2, 0) is 17.0 Å². The van der Waals surface area contributed by atoms with Gasteiger partial charge in [0.05, 0.1) is 11.4 Å². The number of amides is 1. The lowest BCUT2D eigenvalue weighted by Gasteiger charge is -2.04. The molecule has 1 amide bonds. The number of nitrogens with zero attached hydrogens (tertiary/aromatic N) is 3. The molecule has 142 valence electrons. The summed E-state index contributed by atoms with van der Waals surface area (Å²) in [6.45, 7) is 0. The summed E-state index contributed by atoms with van der Waals surface area (Å²) in [5.74, 6) is 0.448. The Labute approximate surface area is 163 Å². The van der Waals surface area contributed by atoms with Crippen molar-refractivity contribution in [2.45, 2.75) is 23.8 Å². The van der Waals surface area contributed by atoms with E-state index in [1.165, 1.54) is 23.9 Å². The van der Waals surface area contributed by atoms with E-state index in [4.69, 9.17) is 8.94 Å². The summed E-state index contributed by atoms with van der Waals surface area (Å²) in [4.78, 5) is 20.6. The molecule has 0 saturated carbocycles. The quantitative estimate of drug-likeness (QED) is 0.466. The summed E-state index contributed by atoms with van der Waals surface area (Å²) >= 11 is 1.36. The third-order valence-corrected chi connectivity index (χ3v) is 4.65. The van der Waals surface area contributed by atoms with E-state index in [9.17, 15) is 9.18 Å². The molecule has 2 aromatic carbocycles. The number of halogens is 1. The number of hydrogen-bond donors (Lipinski definition) is 1. The Morgan fingerprint density at radius 1 is 1.11 bits per heavy atom. The van der Waals surface area contributed by atoms with Gasteiger partial charge in [-0.05, 0) is 24.3 Å². The maximum absolute atomic E-state index is 13.5. The van der Waals surface area contributed by atoms with Gasteiger partial charge in [0, 0.05) is 12.8 Å². The largest absolute Gasteiger partial charge is 0.431 e. The maximum Gasteiger partial charge on any atom is 0.257 e. The van der Waals surface area contributed by atoms with E-state index in [2.05, 4.69) is 20.4 Å². The predicted octanol–water partition coefficient (Wildman–Crippen LogP) is 4.21. The number of thioether (sulfide) groups is 1. The smallest absolute Gasteiger partial charge is 0.257 e. The lowest BCUT2D eigenvalue weighted by Crippen LogP contribution is -2.13. The zero-order valence-corrected chi connectivity index (χ0v) is 15.4. The third-order valence-electron chi connectivity index (χ3n) is 3.82. The van der Waals surface area contributed by atoms with Crippen molar-refractivity contribution in [1.29, 1.82) is 0 Å². The van der Waals surface area contributed by atoms with E-state index < -0.39 is 5.82 Å². The summed E-state index contributed by atoms with van der Waals surface area (Å²) in [5, 5.41) is 6.94. The van der Waals surface area contributed by atoms with Crippen molar-refractivity contribution in [3.05, 3.63) is 66.1 Å². The zero-order chi connectivity index (χ0) is 19.3. The van der Waals surface area contributed by atoms with Crippen molar-refractivity contribution in [1.82, 2.24) is 15.1 Å². The van der Waals surface area contributed by atoms with E-state index in [1.54, 1.807) is 12.1 Å². The van der Waals surface area contributed by atoms with Crippen LogP contribution < -0.4 is 5.32 Å². The second kappa shape index (κ2) is 8.22. The number of fused-ring (bicyclic) bond motifs is 1. The third kappa shape index (κ3) is 4.37. The van der Waals surface area contributed by atoms with Gasteiger partial charge in [-0.1, -0.05) is 41.2 Å². The highest BCUT2D eigenvalue weighted by molar-refractivity contribution is 7.98. The van der Waals surface area contributed by atoms with Gasteiger partial charge in [0.2, 0.25) is 11.8 Å². The number of aromatic nitrogens is 3. The Balaban J connectivity index is 1.28. The van der Waals surface area contributed by atoms with E-state index in [0.717, 1.165) is 11.1 Å². The number of benzene rings is 2. The molecule has 0 fully saturated rings. The van der Waals surface area contributed by atoms with Crippen molar-refractivity contribution in [3.63, 3.8) is 0 Å². The number of hydrogen-bond acceptors (Lipinski definition) is 7. The Bertz CT molecular complexity index is 1080. The van der Waals surface area contributed by atoms with Gasteiger partial charge in [-0.3, -0.25) is 4.79 Å². The Hall–Kier alpha value is -3.20. The molecule has 0 atom stereocenters. The molecular formula is C19H15FN4O3S. The molecule has 0 bridgehead atoms. The molecule has 7 nitrogen and oxygen atoms in total. The van der Waals surface area contributed by atoms with Crippen LogP contribution in [0.3, 0.4) is 0 Å². The van der Waals surface area contributed by atoms with Crippen LogP contribution in [0.5, 0.6) is 0 Å². The molecule has 0 aliphatic heterocycles. The van der Waals surface area contributed by atoms with Crippen LogP contribution in [0.15, 0.2) is 62.7 Å². The minimum Gasteiger partial charge on any atom is -0.431 e. The number of nitrogens with one attached hydrogen (secondary N) is 1. The van der Waals surface area contributed by atoms with Crippen molar-refractivity contribution in [2.24, 2.45) is 0 Å². The highest BCUT2D eigenvalue weighted by atomic mass is 32.2. The lowest BCUT2D eigenvalue weighted by atomic mass is 10.2. The second-order valence-corrected chi connectivity index (χ2v) is 6.80. The van der Waals surface area contributed by atoms with E-state index in [0.29, 0.717) is 22.7 Å².